The molecule has 2 amide bonds. The van der Waals surface area contributed by atoms with Crippen molar-refractivity contribution in [2.45, 2.75) is 75.9 Å². The number of carbonyl (C=O) groups is 2. The van der Waals surface area contributed by atoms with Crippen LogP contribution in [0.2, 0.25) is 0 Å². The number of rotatable bonds is 13. The maximum atomic E-state index is 14.3. The van der Waals surface area contributed by atoms with E-state index >= 15 is 0 Å². The van der Waals surface area contributed by atoms with E-state index in [0.717, 1.165) is 47.5 Å². The van der Waals surface area contributed by atoms with Gasteiger partial charge in [0.05, 0.1) is 24.8 Å². The number of anilines is 1. The number of ether oxygens (including phenoxy) is 2. The monoisotopic (exact) mass is 621 g/mol. The maximum Gasteiger partial charge on any atom is 0.264 e. The molecule has 3 aromatic carbocycles. The van der Waals surface area contributed by atoms with Crippen molar-refractivity contribution in [3.05, 3.63) is 83.9 Å². The van der Waals surface area contributed by atoms with Gasteiger partial charge in [-0.15, -0.1) is 0 Å². The molecule has 0 unspecified atom stereocenters. The molecule has 1 N–H and O–H groups in total. The van der Waals surface area contributed by atoms with Crippen LogP contribution in [0.4, 0.5) is 5.69 Å². The number of aryl methyl sites for hydroxylation is 1. The summed E-state index contributed by atoms with van der Waals surface area (Å²) in [7, 11) is -1.35. The van der Waals surface area contributed by atoms with Gasteiger partial charge in [0.2, 0.25) is 11.8 Å². The van der Waals surface area contributed by atoms with Crippen molar-refractivity contribution in [1.82, 2.24) is 10.2 Å². The first-order chi connectivity index (χ1) is 21.2. The zero-order chi connectivity index (χ0) is 31.7. The SMILES string of the molecule is CC[C@@H](C(=O)NC1CCCCC1)N(Cc1ccccc1)C(=O)CN(c1ccc(C)cc1)S(=O)(=O)c1ccc(OC)c(OC)c1. The van der Waals surface area contributed by atoms with Gasteiger partial charge in [0.25, 0.3) is 10.0 Å². The minimum atomic E-state index is -4.25. The number of hydrogen-bond acceptors (Lipinski definition) is 6. The van der Waals surface area contributed by atoms with Crippen molar-refractivity contribution in [1.29, 1.82) is 0 Å². The number of carbonyl (C=O) groups excluding carboxylic acids is 2. The Morgan fingerprint density at radius 2 is 1.57 bits per heavy atom. The summed E-state index contributed by atoms with van der Waals surface area (Å²) in [5.74, 6) is -0.0643. The quantitative estimate of drug-likeness (QED) is 0.272. The first-order valence-electron chi connectivity index (χ1n) is 15.1. The molecule has 44 heavy (non-hydrogen) atoms. The van der Waals surface area contributed by atoms with Crippen molar-refractivity contribution in [3.8, 4) is 11.5 Å². The van der Waals surface area contributed by atoms with Crippen molar-refractivity contribution in [2.24, 2.45) is 0 Å². The van der Waals surface area contributed by atoms with Crippen LogP contribution < -0.4 is 19.1 Å². The highest BCUT2D eigenvalue weighted by Gasteiger charge is 2.34. The third kappa shape index (κ3) is 7.91. The summed E-state index contributed by atoms with van der Waals surface area (Å²) in [4.78, 5) is 29.4. The minimum absolute atomic E-state index is 0.0554. The lowest BCUT2D eigenvalue weighted by Crippen LogP contribution is -2.54. The molecule has 10 heteroatoms. The highest BCUT2D eigenvalue weighted by atomic mass is 32.2. The summed E-state index contributed by atoms with van der Waals surface area (Å²) in [5, 5.41) is 3.17. The normalized spacial score (nSPS) is 14.4. The average molecular weight is 622 g/mol. The third-order valence-electron chi connectivity index (χ3n) is 8.08. The number of nitrogens with one attached hydrogen (secondary N) is 1. The zero-order valence-electron chi connectivity index (χ0n) is 26.0. The van der Waals surface area contributed by atoms with Crippen molar-refractivity contribution in [2.75, 3.05) is 25.1 Å². The van der Waals surface area contributed by atoms with Gasteiger partial charge in [0, 0.05) is 18.7 Å². The van der Waals surface area contributed by atoms with Crippen molar-refractivity contribution < 1.29 is 27.5 Å². The van der Waals surface area contributed by atoms with E-state index in [1.54, 1.807) is 24.3 Å². The molecule has 1 fully saturated rings. The van der Waals surface area contributed by atoms with Gasteiger partial charge in [-0.3, -0.25) is 13.9 Å². The van der Waals surface area contributed by atoms with E-state index in [1.807, 2.05) is 44.2 Å². The van der Waals surface area contributed by atoms with Gasteiger partial charge in [-0.25, -0.2) is 8.42 Å². The van der Waals surface area contributed by atoms with Crippen LogP contribution in [0.15, 0.2) is 77.7 Å². The lowest BCUT2D eigenvalue weighted by atomic mass is 9.95. The lowest BCUT2D eigenvalue weighted by Gasteiger charge is -2.34. The lowest BCUT2D eigenvalue weighted by molar-refractivity contribution is -0.140. The van der Waals surface area contributed by atoms with Gasteiger partial charge in [-0.1, -0.05) is 74.2 Å². The second kappa shape index (κ2) is 15.1. The second-order valence-electron chi connectivity index (χ2n) is 11.1. The van der Waals surface area contributed by atoms with E-state index in [4.69, 9.17) is 9.47 Å². The van der Waals surface area contributed by atoms with Gasteiger partial charge < -0.3 is 19.7 Å². The summed E-state index contributed by atoms with van der Waals surface area (Å²) in [6.45, 7) is 3.43. The smallest absolute Gasteiger partial charge is 0.264 e. The molecule has 1 aliphatic carbocycles. The molecule has 0 spiro atoms. The summed E-state index contributed by atoms with van der Waals surface area (Å²) < 4.78 is 40.2. The van der Waals surface area contributed by atoms with Crippen LogP contribution in [-0.2, 0) is 26.2 Å². The van der Waals surface area contributed by atoms with Crippen LogP contribution >= 0.6 is 0 Å². The van der Waals surface area contributed by atoms with Gasteiger partial charge in [-0.05, 0) is 56.0 Å². The Labute approximate surface area is 261 Å². The molecule has 0 radical (unpaired) electrons. The Balaban J connectivity index is 1.72. The molecule has 9 nitrogen and oxygen atoms in total. The third-order valence-corrected chi connectivity index (χ3v) is 9.85. The molecule has 0 aromatic heterocycles. The van der Waals surface area contributed by atoms with Crippen LogP contribution in [0.1, 0.15) is 56.6 Å². The van der Waals surface area contributed by atoms with Crippen molar-refractivity contribution in [3.63, 3.8) is 0 Å². The van der Waals surface area contributed by atoms with E-state index in [2.05, 4.69) is 5.32 Å². The predicted octanol–water partition coefficient (Wildman–Crippen LogP) is 5.46. The van der Waals surface area contributed by atoms with E-state index in [0.29, 0.717) is 17.9 Å². The molecule has 1 aliphatic rings. The van der Waals surface area contributed by atoms with E-state index in [9.17, 15) is 18.0 Å². The molecule has 236 valence electrons. The first-order valence-corrected chi connectivity index (χ1v) is 16.6. The topological polar surface area (TPSA) is 105 Å². The molecular formula is C34H43N3O6S. The highest BCUT2D eigenvalue weighted by Crippen LogP contribution is 2.32. The van der Waals surface area contributed by atoms with Gasteiger partial charge in [-0.2, -0.15) is 0 Å². The molecule has 3 aromatic rings. The second-order valence-corrected chi connectivity index (χ2v) is 13.0. The largest absolute Gasteiger partial charge is 0.493 e. The van der Waals surface area contributed by atoms with Crippen molar-refractivity contribution >= 4 is 27.5 Å². The fourth-order valence-corrected chi connectivity index (χ4v) is 7.02. The maximum absolute atomic E-state index is 14.3. The summed E-state index contributed by atoms with van der Waals surface area (Å²) in [6, 6.07) is 20.0. The van der Waals surface area contributed by atoms with E-state index in [-0.39, 0.29) is 29.1 Å². The van der Waals surface area contributed by atoms with Crippen LogP contribution in [0.25, 0.3) is 0 Å². The van der Waals surface area contributed by atoms with E-state index in [1.165, 1.54) is 37.3 Å². The van der Waals surface area contributed by atoms with Gasteiger partial charge >= 0.3 is 0 Å². The van der Waals surface area contributed by atoms with Gasteiger partial charge in [0.1, 0.15) is 12.6 Å². The number of amides is 2. The van der Waals surface area contributed by atoms with E-state index < -0.39 is 28.5 Å². The van der Waals surface area contributed by atoms with Crippen LogP contribution in [0.5, 0.6) is 11.5 Å². The summed E-state index contributed by atoms with van der Waals surface area (Å²) in [5.41, 5.74) is 2.12. The average Bonchev–Trinajstić information content (AvgIpc) is 3.04. The molecule has 1 atom stereocenters. The molecule has 0 saturated heterocycles. The first kappa shape index (κ1) is 32.9. The number of benzene rings is 3. The van der Waals surface area contributed by atoms with Crippen LogP contribution in [-0.4, -0.2) is 58.0 Å². The molecule has 1 saturated carbocycles. The number of hydrogen-bond donors (Lipinski definition) is 1. The fraction of sp³-hybridized carbons (Fsp3) is 0.412. The van der Waals surface area contributed by atoms with Crippen LogP contribution in [0, 0.1) is 6.92 Å². The Morgan fingerprint density at radius 3 is 2.18 bits per heavy atom. The minimum Gasteiger partial charge on any atom is -0.493 e. The standard InChI is InChI=1S/C34H43N3O6S/c1-5-30(34(39)35-27-14-10-7-11-15-27)36(23-26-12-8-6-9-13-26)33(38)24-37(28-18-16-25(2)17-19-28)44(40,41)29-20-21-31(42-3)32(22-29)43-4/h6,8-9,12-13,16-22,27,30H,5,7,10-11,14-15,23-24H2,1-4H3,(H,35,39)/t30-/m0/s1. The molecule has 0 aliphatic heterocycles. The molecular weight excluding hydrogens is 578 g/mol. The highest BCUT2D eigenvalue weighted by molar-refractivity contribution is 7.92. The summed E-state index contributed by atoms with van der Waals surface area (Å²) in [6.07, 6.45) is 5.50. The summed E-state index contributed by atoms with van der Waals surface area (Å²) >= 11 is 0. The Morgan fingerprint density at radius 1 is 0.909 bits per heavy atom. The molecule has 0 heterocycles. The Bertz CT molecular complexity index is 1510. The zero-order valence-corrected chi connectivity index (χ0v) is 26.8. The number of sulfonamides is 1. The number of nitrogens with zero attached hydrogens (tertiary/aromatic N) is 2. The van der Waals surface area contributed by atoms with Gasteiger partial charge in [0.15, 0.2) is 11.5 Å². The molecule has 0 bridgehead atoms. The predicted molar refractivity (Wildman–Crippen MR) is 171 cm³/mol. The van der Waals surface area contributed by atoms with Crippen LogP contribution in [0.3, 0.4) is 0 Å². The Hall–Kier alpha value is -4.05. The Kier molecular flexibility index (Phi) is 11.3. The number of methoxy groups -OCH3 is 2. The molecule has 4 rings (SSSR count). The fourth-order valence-electron chi connectivity index (χ4n) is 5.59.